The molecule has 1 aromatic rings. The number of hydrogen-bond acceptors (Lipinski definition) is 5. The number of nitrogens with one attached hydrogen (secondary N) is 1. The molecule has 19 heavy (non-hydrogen) atoms. The van der Waals surface area contributed by atoms with Gasteiger partial charge in [0, 0.05) is 18.0 Å². The number of halogens is 3. The molecule has 5 nitrogen and oxygen atoms in total. The fraction of sp³-hybridized carbons (Fsp3) is 0.600. The monoisotopic (exact) mass is 297 g/mol. The number of alkyl halides is 3. The predicted molar refractivity (Wildman–Crippen MR) is 64.4 cm³/mol. The van der Waals surface area contributed by atoms with Gasteiger partial charge >= 0.3 is 6.18 Å². The number of nitrogens with zero attached hydrogens (tertiary/aromatic N) is 2. The molecule has 0 saturated heterocycles. The van der Waals surface area contributed by atoms with Gasteiger partial charge in [0.25, 0.3) is 0 Å². The Labute approximate surface area is 109 Å². The Kier molecular flexibility index (Phi) is 4.72. The largest absolute Gasteiger partial charge is 0.433 e. The van der Waals surface area contributed by atoms with Gasteiger partial charge in [0.05, 0.1) is 5.75 Å². The molecule has 0 aromatic carbocycles. The van der Waals surface area contributed by atoms with Crippen LogP contribution in [0.5, 0.6) is 0 Å². The number of hydrogen-bond donors (Lipinski definition) is 1. The quantitative estimate of drug-likeness (QED) is 0.896. The van der Waals surface area contributed by atoms with Crippen LogP contribution >= 0.6 is 0 Å². The molecule has 9 heteroatoms. The fourth-order valence-electron chi connectivity index (χ4n) is 1.35. The molecule has 0 aliphatic carbocycles. The molecule has 108 valence electrons. The van der Waals surface area contributed by atoms with Crippen molar-refractivity contribution in [2.45, 2.75) is 26.1 Å². The summed E-state index contributed by atoms with van der Waals surface area (Å²) in [4.78, 5) is 6.93. The first kappa shape index (κ1) is 15.7. The minimum absolute atomic E-state index is 0.0253. The standard InChI is InChI=1S/C10H14F3N3O2S/c1-3-19(17,18)6-7(2)15-9-14-5-4-8(16-9)10(11,12)13/h4-5,7H,3,6H2,1-2H3,(H,14,15,16). The van der Waals surface area contributed by atoms with Gasteiger partial charge in [-0.2, -0.15) is 13.2 Å². The van der Waals surface area contributed by atoms with Crippen molar-refractivity contribution in [1.82, 2.24) is 9.97 Å². The summed E-state index contributed by atoms with van der Waals surface area (Å²) in [5.74, 6) is -0.459. The van der Waals surface area contributed by atoms with Crippen LogP contribution in [0.1, 0.15) is 19.5 Å². The Morgan fingerprint density at radius 1 is 1.42 bits per heavy atom. The average Bonchev–Trinajstić information content (AvgIpc) is 2.27. The van der Waals surface area contributed by atoms with E-state index in [9.17, 15) is 21.6 Å². The summed E-state index contributed by atoms with van der Waals surface area (Å²) in [5, 5.41) is 2.54. The molecular formula is C10H14F3N3O2S. The van der Waals surface area contributed by atoms with Crippen LogP contribution in [0.3, 0.4) is 0 Å². The van der Waals surface area contributed by atoms with Gasteiger partial charge in [0.15, 0.2) is 9.84 Å². The van der Waals surface area contributed by atoms with Gasteiger partial charge in [-0.05, 0) is 13.0 Å². The van der Waals surface area contributed by atoms with Crippen LogP contribution in [-0.2, 0) is 16.0 Å². The van der Waals surface area contributed by atoms with E-state index in [1.807, 2.05) is 0 Å². The lowest BCUT2D eigenvalue weighted by Crippen LogP contribution is -2.28. The van der Waals surface area contributed by atoms with Crippen LogP contribution in [0, 0.1) is 0 Å². The van der Waals surface area contributed by atoms with Crippen LogP contribution in [0.25, 0.3) is 0 Å². The molecule has 0 radical (unpaired) electrons. The zero-order valence-corrected chi connectivity index (χ0v) is 11.2. The highest BCUT2D eigenvalue weighted by atomic mass is 32.2. The van der Waals surface area contributed by atoms with E-state index in [1.54, 1.807) is 0 Å². The van der Waals surface area contributed by atoms with Crippen LogP contribution in [0.4, 0.5) is 19.1 Å². The van der Waals surface area contributed by atoms with Crippen LogP contribution in [-0.4, -0.2) is 35.9 Å². The highest BCUT2D eigenvalue weighted by Crippen LogP contribution is 2.27. The van der Waals surface area contributed by atoms with Gasteiger partial charge in [0.2, 0.25) is 5.95 Å². The minimum atomic E-state index is -4.56. The SMILES string of the molecule is CCS(=O)(=O)CC(C)Nc1nccc(C(F)(F)F)n1. The number of sulfone groups is 1. The maximum absolute atomic E-state index is 12.4. The van der Waals surface area contributed by atoms with E-state index in [4.69, 9.17) is 0 Å². The molecule has 0 bridgehead atoms. The lowest BCUT2D eigenvalue weighted by Gasteiger charge is -2.14. The third-order valence-electron chi connectivity index (χ3n) is 2.27. The summed E-state index contributed by atoms with van der Waals surface area (Å²) in [7, 11) is -3.22. The predicted octanol–water partition coefficient (Wildman–Crippen LogP) is 1.73. The molecule has 1 unspecified atom stereocenters. The van der Waals surface area contributed by atoms with Crippen LogP contribution in [0.15, 0.2) is 12.3 Å². The molecular weight excluding hydrogens is 283 g/mol. The first-order valence-corrected chi connectivity index (χ1v) is 7.33. The summed E-state index contributed by atoms with van der Waals surface area (Å²) in [5.41, 5.74) is -1.07. The zero-order chi connectivity index (χ0) is 14.7. The van der Waals surface area contributed by atoms with Crippen LogP contribution < -0.4 is 5.32 Å². The summed E-state index contributed by atoms with van der Waals surface area (Å²) in [6, 6.07) is 0.173. The molecule has 0 amide bonds. The summed E-state index contributed by atoms with van der Waals surface area (Å²) < 4.78 is 60.0. The second kappa shape index (κ2) is 5.72. The highest BCUT2D eigenvalue weighted by Gasteiger charge is 2.32. The van der Waals surface area contributed by atoms with E-state index in [0.29, 0.717) is 0 Å². The summed E-state index contributed by atoms with van der Waals surface area (Å²) in [6.07, 6.45) is -3.59. The lowest BCUT2D eigenvalue weighted by molar-refractivity contribution is -0.141. The van der Waals surface area contributed by atoms with Crippen molar-refractivity contribution < 1.29 is 21.6 Å². The van der Waals surface area contributed by atoms with E-state index in [0.717, 1.165) is 12.3 Å². The summed E-state index contributed by atoms with van der Waals surface area (Å²) in [6.45, 7) is 3.04. The first-order valence-electron chi connectivity index (χ1n) is 5.51. The van der Waals surface area contributed by atoms with Gasteiger partial charge in [-0.25, -0.2) is 18.4 Å². The number of anilines is 1. The third-order valence-corrected chi connectivity index (χ3v) is 4.15. The van der Waals surface area contributed by atoms with Gasteiger partial charge in [-0.1, -0.05) is 6.92 Å². The summed E-state index contributed by atoms with van der Waals surface area (Å²) >= 11 is 0. The molecule has 1 atom stereocenters. The second-order valence-electron chi connectivity index (χ2n) is 4.01. The average molecular weight is 297 g/mol. The van der Waals surface area contributed by atoms with Gasteiger partial charge in [-0.3, -0.25) is 0 Å². The Morgan fingerprint density at radius 3 is 2.58 bits per heavy atom. The Hall–Kier alpha value is -1.38. The molecule has 1 heterocycles. The first-order chi connectivity index (χ1) is 8.64. The van der Waals surface area contributed by atoms with Crippen molar-refractivity contribution in [2.24, 2.45) is 0 Å². The number of aromatic nitrogens is 2. The van der Waals surface area contributed by atoms with E-state index in [2.05, 4.69) is 15.3 Å². The zero-order valence-electron chi connectivity index (χ0n) is 10.4. The minimum Gasteiger partial charge on any atom is -0.351 e. The normalized spacial score (nSPS) is 14.2. The van der Waals surface area contributed by atoms with Gasteiger partial charge in [0.1, 0.15) is 5.69 Å². The van der Waals surface area contributed by atoms with Crippen LogP contribution in [0.2, 0.25) is 0 Å². The Balaban J connectivity index is 2.78. The van der Waals surface area contributed by atoms with Crippen molar-refractivity contribution in [1.29, 1.82) is 0 Å². The fourth-order valence-corrected chi connectivity index (χ4v) is 2.43. The van der Waals surface area contributed by atoms with Crippen molar-refractivity contribution in [3.63, 3.8) is 0 Å². The van der Waals surface area contributed by atoms with E-state index >= 15 is 0 Å². The molecule has 0 saturated carbocycles. The van der Waals surface area contributed by atoms with Crippen molar-refractivity contribution >= 4 is 15.8 Å². The molecule has 0 aliphatic heterocycles. The highest BCUT2D eigenvalue weighted by molar-refractivity contribution is 7.91. The van der Waals surface area contributed by atoms with Gasteiger partial charge in [-0.15, -0.1) is 0 Å². The maximum Gasteiger partial charge on any atom is 0.433 e. The molecule has 0 aliphatic rings. The molecule has 1 N–H and O–H groups in total. The maximum atomic E-state index is 12.4. The third kappa shape index (κ3) is 5.01. The molecule has 0 fully saturated rings. The van der Waals surface area contributed by atoms with Gasteiger partial charge < -0.3 is 5.32 Å². The lowest BCUT2D eigenvalue weighted by atomic mass is 10.4. The van der Waals surface area contributed by atoms with E-state index in [-0.39, 0.29) is 17.5 Å². The molecule has 1 rings (SSSR count). The second-order valence-corrected chi connectivity index (χ2v) is 6.41. The van der Waals surface area contributed by atoms with E-state index in [1.165, 1.54) is 13.8 Å². The Morgan fingerprint density at radius 2 is 2.05 bits per heavy atom. The van der Waals surface area contributed by atoms with Crippen molar-refractivity contribution in [2.75, 3.05) is 16.8 Å². The molecule has 0 spiro atoms. The van der Waals surface area contributed by atoms with Crippen molar-refractivity contribution in [3.8, 4) is 0 Å². The van der Waals surface area contributed by atoms with Crippen molar-refractivity contribution in [3.05, 3.63) is 18.0 Å². The smallest absolute Gasteiger partial charge is 0.351 e. The number of rotatable bonds is 5. The Bertz CT molecular complexity index is 531. The molecule has 1 aromatic heterocycles. The topological polar surface area (TPSA) is 72.0 Å². The van der Waals surface area contributed by atoms with E-state index < -0.39 is 27.7 Å².